The number of carbonyl (C=O) groups is 1. The summed E-state index contributed by atoms with van der Waals surface area (Å²) in [5.41, 5.74) is 0.873. The van der Waals surface area contributed by atoms with Crippen molar-refractivity contribution in [3.8, 4) is 11.5 Å². The summed E-state index contributed by atoms with van der Waals surface area (Å²) in [5.74, 6) is -0.207. The maximum absolute atomic E-state index is 11.3. The molecule has 0 saturated carbocycles. The quantitative estimate of drug-likeness (QED) is 0.641. The SMILES string of the molecule is COC(=O)c1nc(-c2ccccc2)oc1S. The molecule has 4 nitrogen and oxygen atoms in total. The Morgan fingerprint density at radius 2 is 2.06 bits per heavy atom. The van der Waals surface area contributed by atoms with Crippen molar-refractivity contribution in [2.75, 3.05) is 7.11 Å². The fourth-order valence-corrected chi connectivity index (χ4v) is 1.47. The normalized spacial score (nSPS) is 10.1. The van der Waals surface area contributed by atoms with Crippen LogP contribution in [0.4, 0.5) is 0 Å². The molecule has 0 spiro atoms. The first-order valence-electron chi connectivity index (χ1n) is 4.56. The highest BCUT2D eigenvalue weighted by Crippen LogP contribution is 2.24. The molecule has 0 aliphatic heterocycles. The van der Waals surface area contributed by atoms with Crippen LogP contribution in [0.15, 0.2) is 39.8 Å². The summed E-state index contributed by atoms with van der Waals surface area (Å²) in [6, 6.07) is 9.26. The molecule has 0 N–H and O–H groups in total. The van der Waals surface area contributed by atoms with Gasteiger partial charge in [-0.3, -0.25) is 0 Å². The number of oxazole rings is 1. The molecule has 1 heterocycles. The summed E-state index contributed by atoms with van der Waals surface area (Å²) in [5, 5.41) is 0.158. The molecule has 0 saturated heterocycles. The first kappa shape index (κ1) is 10.8. The van der Waals surface area contributed by atoms with Gasteiger partial charge in [0.2, 0.25) is 11.6 Å². The van der Waals surface area contributed by atoms with E-state index in [9.17, 15) is 4.79 Å². The molecule has 0 aliphatic rings. The standard InChI is InChI=1S/C11H9NO3S/c1-14-10(13)8-11(16)15-9(12-8)7-5-3-2-4-6-7/h2-6,16H,1H3. The zero-order chi connectivity index (χ0) is 11.5. The van der Waals surface area contributed by atoms with Crippen LogP contribution in [0.1, 0.15) is 10.5 Å². The van der Waals surface area contributed by atoms with Gasteiger partial charge in [0.1, 0.15) is 0 Å². The lowest BCUT2D eigenvalue weighted by atomic mass is 10.2. The molecule has 5 heteroatoms. The lowest BCUT2D eigenvalue weighted by molar-refractivity contribution is 0.0588. The van der Waals surface area contributed by atoms with Gasteiger partial charge in [0.25, 0.3) is 0 Å². The fraction of sp³-hybridized carbons (Fsp3) is 0.0909. The summed E-state index contributed by atoms with van der Waals surface area (Å²) in [4.78, 5) is 15.3. The largest absolute Gasteiger partial charge is 0.464 e. The van der Waals surface area contributed by atoms with E-state index in [4.69, 9.17) is 4.42 Å². The summed E-state index contributed by atoms with van der Waals surface area (Å²) in [6.45, 7) is 0. The lowest BCUT2D eigenvalue weighted by Gasteiger charge is -1.92. The molecule has 0 atom stereocenters. The smallest absolute Gasteiger partial charge is 0.361 e. The van der Waals surface area contributed by atoms with Crippen LogP contribution in [0.2, 0.25) is 0 Å². The van der Waals surface area contributed by atoms with Gasteiger partial charge in [-0.1, -0.05) is 18.2 Å². The molecule has 0 unspecified atom stereocenters. The number of thiol groups is 1. The van der Waals surface area contributed by atoms with E-state index in [1.165, 1.54) is 7.11 Å². The Labute approximate surface area is 97.7 Å². The lowest BCUT2D eigenvalue weighted by Crippen LogP contribution is -2.02. The number of ether oxygens (including phenoxy) is 1. The topological polar surface area (TPSA) is 52.3 Å². The molecule has 0 fully saturated rings. The molecule has 2 aromatic rings. The van der Waals surface area contributed by atoms with Crippen LogP contribution in [-0.4, -0.2) is 18.1 Å². The van der Waals surface area contributed by atoms with Gasteiger partial charge in [0, 0.05) is 5.56 Å². The Balaban J connectivity index is 2.42. The first-order valence-corrected chi connectivity index (χ1v) is 5.00. The van der Waals surface area contributed by atoms with Crippen molar-refractivity contribution in [1.82, 2.24) is 4.98 Å². The molecule has 0 aliphatic carbocycles. The van der Waals surface area contributed by atoms with E-state index in [1.807, 2.05) is 30.3 Å². The van der Waals surface area contributed by atoms with Crippen LogP contribution in [0, 0.1) is 0 Å². The third-order valence-electron chi connectivity index (χ3n) is 2.01. The van der Waals surface area contributed by atoms with E-state index in [-0.39, 0.29) is 10.8 Å². The molecule has 2 rings (SSSR count). The molecular formula is C11H9NO3S. The van der Waals surface area contributed by atoms with Crippen molar-refractivity contribution in [2.45, 2.75) is 5.09 Å². The highest BCUT2D eigenvalue weighted by atomic mass is 32.1. The van der Waals surface area contributed by atoms with Gasteiger partial charge in [-0.05, 0) is 12.1 Å². The summed E-state index contributed by atoms with van der Waals surface area (Å²) in [6.07, 6.45) is 0. The highest BCUT2D eigenvalue weighted by molar-refractivity contribution is 7.80. The van der Waals surface area contributed by atoms with E-state index in [0.29, 0.717) is 5.89 Å². The van der Waals surface area contributed by atoms with Crippen molar-refractivity contribution in [1.29, 1.82) is 0 Å². The number of esters is 1. The average molecular weight is 235 g/mol. The Morgan fingerprint density at radius 1 is 1.38 bits per heavy atom. The zero-order valence-corrected chi connectivity index (χ0v) is 9.40. The number of carbonyl (C=O) groups excluding carboxylic acids is 1. The van der Waals surface area contributed by atoms with E-state index in [2.05, 4.69) is 22.3 Å². The minimum atomic E-state index is -0.559. The van der Waals surface area contributed by atoms with Gasteiger partial charge < -0.3 is 9.15 Å². The molecular weight excluding hydrogens is 226 g/mol. The van der Waals surface area contributed by atoms with Crippen molar-refractivity contribution < 1.29 is 13.9 Å². The monoisotopic (exact) mass is 235 g/mol. The van der Waals surface area contributed by atoms with Crippen LogP contribution in [0.25, 0.3) is 11.5 Å². The third kappa shape index (κ3) is 1.94. The van der Waals surface area contributed by atoms with Gasteiger partial charge >= 0.3 is 5.97 Å². The minimum Gasteiger partial charge on any atom is -0.464 e. The number of hydrogen-bond acceptors (Lipinski definition) is 5. The van der Waals surface area contributed by atoms with Crippen LogP contribution < -0.4 is 0 Å². The molecule has 0 bridgehead atoms. The zero-order valence-electron chi connectivity index (χ0n) is 8.51. The maximum atomic E-state index is 11.3. The van der Waals surface area contributed by atoms with Crippen LogP contribution >= 0.6 is 12.6 Å². The summed E-state index contributed by atoms with van der Waals surface area (Å²) in [7, 11) is 1.28. The van der Waals surface area contributed by atoms with E-state index in [0.717, 1.165) is 5.56 Å². The van der Waals surface area contributed by atoms with Crippen molar-refractivity contribution in [2.24, 2.45) is 0 Å². The molecule has 1 aromatic heterocycles. The average Bonchev–Trinajstić information content (AvgIpc) is 2.71. The van der Waals surface area contributed by atoms with E-state index in [1.54, 1.807) is 0 Å². The Kier molecular flexibility index (Phi) is 2.96. The van der Waals surface area contributed by atoms with Gasteiger partial charge in [-0.15, -0.1) is 12.6 Å². The van der Waals surface area contributed by atoms with Crippen LogP contribution in [0.3, 0.4) is 0 Å². The number of methoxy groups -OCH3 is 1. The number of nitrogens with zero attached hydrogens (tertiary/aromatic N) is 1. The number of aromatic nitrogens is 1. The summed E-state index contributed by atoms with van der Waals surface area (Å²) >= 11 is 4.03. The number of rotatable bonds is 2. The molecule has 82 valence electrons. The third-order valence-corrected chi connectivity index (χ3v) is 2.31. The molecule has 1 aromatic carbocycles. The van der Waals surface area contributed by atoms with Gasteiger partial charge in [-0.2, -0.15) is 0 Å². The minimum absolute atomic E-state index is 0.0877. The second kappa shape index (κ2) is 4.40. The Hall–Kier alpha value is -1.75. The van der Waals surface area contributed by atoms with E-state index >= 15 is 0 Å². The number of benzene rings is 1. The van der Waals surface area contributed by atoms with E-state index < -0.39 is 5.97 Å². The maximum Gasteiger partial charge on any atom is 0.361 e. The highest BCUT2D eigenvalue weighted by Gasteiger charge is 2.18. The second-order valence-electron chi connectivity index (χ2n) is 3.03. The molecule has 16 heavy (non-hydrogen) atoms. The predicted octanol–water partition coefficient (Wildman–Crippen LogP) is 2.42. The van der Waals surface area contributed by atoms with Crippen LogP contribution in [0.5, 0.6) is 0 Å². The van der Waals surface area contributed by atoms with Gasteiger partial charge in [-0.25, -0.2) is 9.78 Å². The summed E-state index contributed by atoms with van der Waals surface area (Å²) < 4.78 is 9.83. The van der Waals surface area contributed by atoms with Gasteiger partial charge in [0.05, 0.1) is 7.11 Å². The van der Waals surface area contributed by atoms with Crippen molar-refractivity contribution >= 4 is 18.6 Å². The number of hydrogen-bond donors (Lipinski definition) is 1. The Morgan fingerprint density at radius 3 is 2.69 bits per heavy atom. The molecule has 0 radical (unpaired) electrons. The first-order chi connectivity index (χ1) is 7.72. The molecule has 0 amide bonds. The second-order valence-corrected chi connectivity index (χ2v) is 3.44. The predicted molar refractivity (Wildman–Crippen MR) is 60.5 cm³/mol. The Bertz CT molecular complexity index is 507. The fourth-order valence-electron chi connectivity index (χ4n) is 1.25. The van der Waals surface area contributed by atoms with Crippen LogP contribution in [-0.2, 0) is 4.74 Å². The van der Waals surface area contributed by atoms with Crippen molar-refractivity contribution in [3.05, 3.63) is 36.0 Å². The van der Waals surface area contributed by atoms with Gasteiger partial charge in [0.15, 0.2) is 5.09 Å². The van der Waals surface area contributed by atoms with Crippen molar-refractivity contribution in [3.63, 3.8) is 0 Å².